The van der Waals surface area contributed by atoms with Gasteiger partial charge in [0.15, 0.2) is 5.82 Å². The van der Waals surface area contributed by atoms with Crippen LogP contribution in [-0.2, 0) is 0 Å². The summed E-state index contributed by atoms with van der Waals surface area (Å²) in [4.78, 5) is 14.5. The van der Waals surface area contributed by atoms with Crippen molar-refractivity contribution in [2.75, 3.05) is 0 Å². The molecule has 0 spiro atoms. The zero-order valence-corrected chi connectivity index (χ0v) is 26.2. The van der Waals surface area contributed by atoms with Crippen LogP contribution in [0.15, 0.2) is 188 Å². The molecule has 0 bridgehead atoms. The van der Waals surface area contributed by atoms with Crippen LogP contribution in [0.25, 0.3) is 78.5 Å². The average molecular weight is 614 g/mol. The first-order valence-corrected chi connectivity index (χ1v) is 16.1. The molecule has 8 rings (SSSR count). The van der Waals surface area contributed by atoms with Crippen molar-refractivity contribution in [3.63, 3.8) is 0 Å². The molecule has 3 nitrogen and oxygen atoms in total. The first-order valence-electron chi connectivity index (χ1n) is 16.1. The molecule has 226 valence electrons. The molecule has 2 aromatic heterocycles. The summed E-state index contributed by atoms with van der Waals surface area (Å²) >= 11 is 0. The van der Waals surface area contributed by atoms with Crippen LogP contribution in [0.5, 0.6) is 0 Å². The Kier molecular flexibility index (Phi) is 7.92. The Morgan fingerprint density at radius 1 is 0.250 bits per heavy atom. The summed E-state index contributed by atoms with van der Waals surface area (Å²) < 4.78 is 0. The van der Waals surface area contributed by atoms with Crippen LogP contribution in [0.4, 0.5) is 0 Å². The van der Waals surface area contributed by atoms with Gasteiger partial charge in [-0.3, -0.25) is 4.98 Å². The van der Waals surface area contributed by atoms with Crippen LogP contribution >= 0.6 is 0 Å². The maximum atomic E-state index is 5.02. The summed E-state index contributed by atoms with van der Waals surface area (Å²) in [6.45, 7) is 0. The van der Waals surface area contributed by atoms with E-state index in [-0.39, 0.29) is 0 Å². The van der Waals surface area contributed by atoms with Gasteiger partial charge in [0.1, 0.15) is 0 Å². The standard InChI is InChI=1S/C45H31N3/c1-3-9-32(10-4-1)33-20-26-39(27-21-33)43-31-44(48-45(47-43)41-11-5-2-6-12-41)40-28-22-37(23-29-40)35-16-14-34(15-17-35)36-18-24-38(25-19-36)42-13-7-8-30-46-42/h1-31H. The minimum absolute atomic E-state index is 0.711. The highest BCUT2D eigenvalue weighted by atomic mass is 14.9. The minimum atomic E-state index is 0.711. The van der Waals surface area contributed by atoms with Gasteiger partial charge in [0.25, 0.3) is 0 Å². The van der Waals surface area contributed by atoms with E-state index in [0.29, 0.717) is 5.82 Å². The van der Waals surface area contributed by atoms with Gasteiger partial charge in [-0.25, -0.2) is 9.97 Å². The third-order valence-electron chi connectivity index (χ3n) is 8.62. The van der Waals surface area contributed by atoms with Crippen LogP contribution in [-0.4, -0.2) is 15.0 Å². The highest BCUT2D eigenvalue weighted by Crippen LogP contribution is 2.32. The molecule has 8 aromatic rings. The molecule has 0 aliphatic heterocycles. The molecular weight excluding hydrogens is 583 g/mol. The van der Waals surface area contributed by atoms with E-state index in [1.54, 1.807) is 0 Å². The Bertz CT molecular complexity index is 2260. The van der Waals surface area contributed by atoms with E-state index in [1.807, 2.05) is 48.7 Å². The predicted octanol–water partition coefficient (Wildman–Crippen LogP) is 11.5. The topological polar surface area (TPSA) is 38.7 Å². The van der Waals surface area contributed by atoms with Crippen molar-refractivity contribution in [2.24, 2.45) is 0 Å². The van der Waals surface area contributed by atoms with Gasteiger partial charge in [0.05, 0.1) is 17.1 Å². The minimum Gasteiger partial charge on any atom is -0.256 e. The normalized spacial score (nSPS) is 10.9. The Labute approximate surface area is 280 Å². The molecule has 0 saturated carbocycles. The van der Waals surface area contributed by atoms with Gasteiger partial charge in [0, 0.05) is 28.5 Å². The molecule has 0 aliphatic carbocycles. The number of aromatic nitrogens is 3. The van der Waals surface area contributed by atoms with E-state index in [1.165, 1.54) is 27.8 Å². The molecule has 0 aliphatic rings. The molecule has 0 N–H and O–H groups in total. The largest absolute Gasteiger partial charge is 0.256 e. The van der Waals surface area contributed by atoms with Gasteiger partial charge in [-0.15, -0.1) is 0 Å². The number of rotatable bonds is 7. The van der Waals surface area contributed by atoms with Crippen molar-refractivity contribution < 1.29 is 0 Å². The number of nitrogens with zero attached hydrogens (tertiary/aromatic N) is 3. The number of benzene rings is 6. The summed E-state index contributed by atoms with van der Waals surface area (Å²) in [6.07, 6.45) is 1.83. The molecule has 0 atom stereocenters. The number of hydrogen-bond acceptors (Lipinski definition) is 3. The van der Waals surface area contributed by atoms with Crippen molar-refractivity contribution in [1.29, 1.82) is 0 Å². The molecule has 0 radical (unpaired) electrons. The molecule has 0 amide bonds. The van der Waals surface area contributed by atoms with Crippen molar-refractivity contribution in [3.8, 4) is 78.5 Å². The van der Waals surface area contributed by atoms with Crippen molar-refractivity contribution in [2.45, 2.75) is 0 Å². The molecular formula is C45H31N3. The maximum Gasteiger partial charge on any atom is 0.160 e. The maximum absolute atomic E-state index is 5.02. The van der Waals surface area contributed by atoms with Crippen LogP contribution in [0.1, 0.15) is 0 Å². The number of pyridine rings is 1. The van der Waals surface area contributed by atoms with Gasteiger partial charge < -0.3 is 0 Å². The summed E-state index contributed by atoms with van der Waals surface area (Å²) in [5, 5.41) is 0. The second-order valence-electron chi connectivity index (χ2n) is 11.7. The van der Waals surface area contributed by atoms with Gasteiger partial charge in [-0.2, -0.15) is 0 Å². The Balaban J connectivity index is 1.07. The number of hydrogen-bond donors (Lipinski definition) is 0. The summed E-state index contributed by atoms with van der Waals surface area (Å²) in [5.74, 6) is 0.711. The van der Waals surface area contributed by atoms with E-state index < -0.39 is 0 Å². The van der Waals surface area contributed by atoms with Crippen LogP contribution < -0.4 is 0 Å². The second-order valence-corrected chi connectivity index (χ2v) is 11.7. The Morgan fingerprint density at radius 3 is 0.979 bits per heavy atom. The van der Waals surface area contributed by atoms with E-state index in [2.05, 4.69) is 145 Å². The van der Waals surface area contributed by atoms with Gasteiger partial charge in [0.2, 0.25) is 0 Å². The van der Waals surface area contributed by atoms with E-state index in [4.69, 9.17) is 9.97 Å². The highest BCUT2D eigenvalue weighted by Gasteiger charge is 2.12. The van der Waals surface area contributed by atoms with Crippen molar-refractivity contribution in [3.05, 3.63) is 188 Å². The van der Waals surface area contributed by atoms with Gasteiger partial charge >= 0.3 is 0 Å². The smallest absolute Gasteiger partial charge is 0.160 e. The lowest BCUT2D eigenvalue weighted by Crippen LogP contribution is -1.96. The fourth-order valence-corrected chi connectivity index (χ4v) is 5.98. The molecule has 0 unspecified atom stereocenters. The lowest BCUT2D eigenvalue weighted by Gasteiger charge is -2.11. The summed E-state index contributed by atoms with van der Waals surface area (Å²) in [6, 6.07) is 63.3. The Hall–Kier alpha value is -6.45. The zero-order valence-electron chi connectivity index (χ0n) is 26.2. The molecule has 6 aromatic carbocycles. The second kappa shape index (κ2) is 13.1. The van der Waals surface area contributed by atoms with Crippen LogP contribution in [0, 0.1) is 0 Å². The molecule has 0 saturated heterocycles. The first-order chi connectivity index (χ1) is 23.8. The molecule has 3 heteroatoms. The van der Waals surface area contributed by atoms with E-state index in [0.717, 1.165) is 44.9 Å². The molecule has 0 fully saturated rings. The first kappa shape index (κ1) is 29.0. The highest BCUT2D eigenvalue weighted by molar-refractivity contribution is 5.77. The molecule has 48 heavy (non-hydrogen) atoms. The monoisotopic (exact) mass is 613 g/mol. The fraction of sp³-hybridized carbons (Fsp3) is 0. The average Bonchev–Trinajstić information content (AvgIpc) is 3.19. The lowest BCUT2D eigenvalue weighted by molar-refractivity contribution is 1.18. The molecule has 2 heterocycles. The summed E-state index contributed by atoms with van der Waals surface area (Å²) in [7, 11) is 0. The van der Waals surface area contributed by atoms with Crippen LogP contribution in [0.2, 0.25) is 0 Å². The fourth-order valence-electron chi connectivity index (χ4n) is 5.98. The summed E-state index contributed by atoms with van der Waals surface area (Å²) in [5.41, 5.74) is 14.0. The SMILES string of the molecule is c1ccc(-c2ccc(-c3cc(-c4ccc(-c5ccc(-c6ccc(-c7ccccn7)cc6)cc5)cc4)nc(-c4ccccc4)n3)cc2)cc1. The third-order valence-corrected chi connectivity index (χ3v) is 8.62. The lowest BCUT2D eigenvalue weighted by atomic mass is 9.98. The van der Waals surface area contributed by atoms with Gasteiger partial charge in [-0.1, -0.05) is 164 Å². The Morgan fingerprint density at radius 2 is 0.583 bits per heavy atom. The van der Waals surface area contributed by atoms with E-state index >= 15 is 0 Å². The van der Waals surface area contributed by atoms with Gasteiger partial charge in [-0.05, 0) is 51.6 Å². The van der Waals surface area contributed by atoms with Crippen LogP contribution in [0.3, 0.4) is 0 Å². The third kappa shape index (κ3) is 6.18. The quantitative estimate of drug-likeness (QED) is 0.179. The van der Waals surface area contributed by atoms with Crippen molar-refractivity contribution >= 4 is 0 Å². The van der Waals surface area contributed by atoms with E-state index in [9.17, 15) is 0 Å². The predicted molar refractivity (Wildman–Crippen MR) is 198 cm³/mol. The van der Waals surface area contributed by atoms with Crippen molar-refractivity contribution in [1.82, 2.24) is 15.0 Å². The zero-order chi connectivity index (χ0) is 32.1.